The highest BCUT2D eigenvalue weighted by atomic mass is 19.1. The summed E-state index contributed by atoms with van der Waals surface area (Å²) in [4.78, 5) is 24.1. The minimum Gasteiger partial charge on any atom is -0.353 e. The minimum atomic E-state index is -0.349. The van der Waals surface area contributed by atoms with Crippen LogP contribution in [-0.4, -0.2) is 23.9 Å². The van der Waals surface area contributed by atoms with E-state index in [9.17, 15) is 14.0 Å². The maximum absolute atomic E-state index is 12.9. The average Bonchev–Trinajstić information content (AvgIpc) is 2.54. The largest absolute Gasteiger partial charge is 0.353 e. The topological polar surface area (TPSA) is 58.2 Å². The molecule has 1 aromatic rings. The Bertz CT molecular complexity index is 587. The molecule has 4 unspecified atom stereocenters. The van der Waals surface area contributed by atoms with Crippen molar-refractivity contribution in [3.05, 3.63) is 35.6 Å². The average molecular weight is 318 g/mol. The number of fused-ring (bicyclic) bond motifs is 1. The van der Waals surface area contributed by atoms with Crippen molar-refractivity contribution >= 4 is 11.8 Å². The first-order valence-corrected chi connectivity index (χ1v) is 8.42. The van der Waals surface area contributed by atoms with Crippen molar-refractivity contribution in [2.24, 2.45) is 11.8 Å². The molecule has 2 aliphatic rings. The number of halogens is 1. The van der Waals surface area contributed by atoms with Crippen LogP contribution < -0.4 is 10.6 Å². The highest BCUT2D eigenvalue weighted by Gasteiger charge is 2.40. The van der Waals surface area contributed by atoms with Crippen LogP contribution in [0.5, 0.6) is 0 Å². The molecule has 4 nitrogen and oxygen atoms in total. The number of carbonyl (C=O) groups excluding carboxylic acids is 2. The molecule has 124 valence electrons. The van der Waals surface area contributed by atoms with Gasteiger partial charge in [0.1, 0.15) is 5.82 Å². The fourth-order valence-corrected chi connectivity index (χ4v) is 4.03. The van der Waals surface area contributed by atoms with E-state index in [0.717, 1.165) is 25.7 Å². The first-order chi connectivity index (χ1) is 11.1. The Kier molecular flexibility index (Phi) is 4.64. The summed E-state index contributed by atoms with van der Waals surface area (Å²) in [5, 5.41) is 6.12. The molecule has 0 bridgehead atoms. The molecule has 4 atom stereocenters. The van der Waals surface area contributed by atoms with Gasteiger partial charge in [-0.2, -0.15) is 0 Å². The van der Waals surface area contributed by atoms with Gasteiger partial charge in [-0.25, -0.2) is 4.39 Å². The Hall–Kier alpha value is -1.91. The number of amides is 2. The van der Waals surface area contributed by atoms with E-state index in [1.165, 1.54) is 24.3 Å². The van der Waals surface area contributed by atoms with Crippen molar-refractivity contribution in [2.75, 3.05) is 0 Å². The molecule has 23 heavy (non-hydrogen) atoms. The zero-order chi connectivity index (χ0) is 16.4. The van der Waals surface area contributed by atoms with Crippen molar-refractivity contribution in [3.8, 4) is 0 Å². The van der Waals surface area contributed by atoms with Gasteiger partial charge >= 0.3 is 0 Å². The minimum absolute atomic E-state index is 0.0599. The van der Waals surface area contributed by atoms with E-state index in [2.05, 4.69) is 17.6 Å². The number of hydrogen-bond acceptors (Lipinski definition) is 2. The maximum Gasteiger partial charge on any atom is 0.251 e. The van der Waals surface area contributed by atoms with E-state index in [4.69, 9.17) is 0 Å². The molecule has 3 rings (SSSR count). The number of rotatable bonds is 3. The van der Waals surface area contributed by atoms with Crippen LogP contribution >= 0.6 is 0 Å². The van der Waals surface area contributed by atoms with E-state index in [1.807, 2.05) is 0 Å². The van der Waals surface area contributed by atoms with Gasteiger partial charge in [0, 0.05) is 24.1 Å². The zero-order valence-electron chi connectivity index (χ0n) is 13.3. The SMILES string of the molecule is CCC1CC(=O)NC2CC(NC(=O)c3ccc(F)cc3)CCC12. The van der Waals surface area contributed by atoms with Crippen LogP contribution in [-0.2, 0) is 4.79 Å². The summed E-state index contributed by atoms with van der Waals surface area (Å²) in [6.07, 6.45) is 4.39. The first-order valence-electron chi connectivity index (χ1n) is 8.42. The molecule has 5 heteroatoms. The molecule has 0 spiro atoms. The van der Waals surface area contributed by atoms with E-state index < -0.39 is 0 Å². The molecule has 1 aliphatic carbocycles. The van der Waals surface area contributed by atoms with Gasteiger partial charge in [0.25, 0.3) is 5.91 Å². The summed E-state index contributed by atoms with van der Waals surface area (Å²) >= 11 is 0. The van der Waals surface area contributed by atoms with Gasteiger partial charge in [-0.05, 0) is 55.4 Å². The molecule has 1 heterocycles. The van der Waals surface area contributed by atoms with Gasteiger partial charge in [-0.1, -0.05) is 13.3 Å². The standard InChI is InChI=1S/C18H23FN2O2/c1-2-11-9-17(22)21-16-10-14(7-8-15(11)16)20-18(23)12-3-5-13(19)6-4-12/h3-6,11,14-16H,2,7-10H2,1H3,(H,20,23)(H,21,22). The molecule has 2 fully saturated rings. The van der Waals surface area contributed by atoms with Crippen LogP contribution in [0.2, 0.25) is 0 Å². The lowest BCUT2D eigenvalue weighted by atomic mass is 9.70. The Balaban J connectivity index is 1.61. The van der Waals surface area contributed by atoms with Gasteiger partial charge < -0.3 is 10.6 Å². The molecule has 1 saturated carbocycles. The Labute approximate surface area is 135 Å². The monoisotopic (exact) mass is 318 g/mol. The molecule has 2 N–H and O–H groups in total. The van der Waals surface area contributed by atoms with Gasteiger partial charge in [0.15, 0.2) is 0 Å². The Morgan fingerprint density at radius 2 is 2.04 bits per heavy atom. The van der Waals surface area contributed by atoms with Crippen LogP contribution in [0.4, 0.5) is 4.39 Å². The molecular formula is C18H23FN2O2. The molecule has 0 aromatic heterocycles. The molecule has 0 radical (unpaired) electrons. The summed E-state index contributed by atoms with van der Waals surface area (Å²) in [5.41, 5.74) is 0.465. The smallest absolute Gasteiger partial charge is 0.251 e. The summed E-state index contributed by atoms with van der Waals surface area (Å²) in [6.45, 7) is 2.14. The summed E-state index contributed by atoms with van der Waals surface area (Å²) in [6, 6.07) is 5.79. The number of benzene rings is 1. The van der Waals surface area contributed by atoms with Crippen LogP contribution in [0.15, 0.2) is 24.3 Å². The van der Waals surface area contributed by atoms with Crippen LogP contribution in [0.3, 0.4) is 0 Å². The third kappa shape index (κ3) is 3.54. The molecule has 1 saturated heterocycles. The summed E-state index contributed by atoms with van der Waals surface area (Å²) < 4.78 is 12.9. The molecule has 1 aromatic carbocycles. The highest BCUT2D eigenvalue weighted by Crippen LogP contribution is 2.36. The van der Waals surface area contributed by atoms with E-state index in [-0.39, 0.29) is 29.7 Å². The molecule has 2 amide bonds. The van der Waals surface area contributed by atoms with Crippen molar-refractivity contribution in [3.63, 3.8) is 0 Å². The second kappa shape index (κ2) is 6.69. The van der Waals surface area contributed by atoms with Crippen molar-refractivity contribution in [1.82, 2.24) is 10.6 Å². The third-order valence-electron chi connectivity index (χ3n) is 5.27. The predicted molar refractivity (Wildman–Crippen MR) is 85.3 cm³/mol. The van der Waals surface area contributed by atoms with Crippen molar-refractivity contribution < 1.29 is 14.0 Å². The lowest BCUT2D eigenvalue weighted by molar-refractivity contribution is -0.127. The van der Waals surface area contributed by atoms with E-state index in [0.29, 0.717) is 23.8 Å². The van der Waals surface area contributed by atoms with E-state index >= 15 is 0 Å². The van der Waals surface area contributed by atoms with Gasteiger partial charge in [-0.3, -0.25) is 9.59 Å². The first kappa shape index (κ1) is 16.0. The van der Waals surface area contributed by atoms with Gasteiger partial charge in [-0.15, -0.1) is 0 Å². The summed E-state index contributed by atoms with van der Waals surface area (Å²) in [5.74, 6) is 0.586. The van der Waals surface area contributed by atoms with Gasteiger partial charge in [0.2, 0.25) is 5.91 Å². The van der Waals surface area contributed by atoms with Crippen molar-refractivity contribution in [2.45, 2.75) is 51.1 Å². The molecule has 1 aliphatic heterocycles. The number of hydrogen-bond donors (Lipinski definition) is 2. The van der Waals surface area contributed by atoms with Crippen LogP contribution in [0.25, 0.3) is 0 Å². The second-order valence-electron chi connectivity index (χ2n) is 6.70. The lowest BCUT2D eigenvalue weighted by Crippen LogP contribution is -2.55. The second-order valence-corrected chi connectivity index (χ2v) is 6.70. The number of carbonyl (C=O) groups is 2. The van der Waals surface area contributed by atoms with E-state index in [1.54, 1.807) is 0 Å². The van der Waals surface area contributed by atoms with Crippen LogP contribution in [0, 0.1) is 17.7 Å². The fourth-order valence-electron chi connectivity index (χ4n) is 4.03. The predicted octanol–water partition coefficient (Wildman–Crippen LogP) is 2.64. The lowest BCUT2D eigenvalue weighted by Gasteiger charge is -2.44. The Morgan fingerprint density at radius 1 is 1.30 bits per heavy atom. The quantitative estimate of drug-likeness (QED) is 0.900. The zero-order valence-corrected chi connectivity index (χ0v) is 13.3. The normalized spacial score (nSPS) is 30.3. The van der Waals surface area contributed by atoms with Gasteiger partial charge in [0.05, 0.1) is 0 Å². The summed E-state index contributed by atoms with van der Waals surface area (Å²) in [7, 11) is 0. The van der Waals surface area contributed by atoms with Crippen LogP contribution in [0.1, 0.15) is 49.4 Å². The number of piperidine rings is 1. The number of nitrogens with one attached hydrogen (secondary N) is 2. The van der Waals surface area contributed by atoms with Crippen molar-refractivity contribution in [1.29, 1.82) is 0 Å². The highest BCUT2D eigenvalue weighted by molar-refractivity contribution is 5.94. The fraction of sp³-hybridized carbons (Fsp3) is 0.556. The molecular weight excluding hydrogens is 295 g/mol. The Morgan fingerprint density at radius 3 is 2.74 bits per heavy atom. The third-order valence-corrected chi connectivity index (χ3v) is 5.27. The maximum atomic E-state index is 12.9.